The number of nitrogens with zero attached hydrogens (tertiary/aromatic N) is 2. The third-order valence-electron chi connectivity index (χ3n) is 3.78. The molecule has 25 heavy (non-hydrogen) atoms. The van der Waals surface area contributed by atoms with E-state index in [0.29, 0.717) is 17.0 Å². The molecule has 0 aliphatic heterocycles. The Bertz CT molecular complexity index is 912. The van der Waals surface area contributed by atoms with Crippen LogP contribution in [-0.4, -0.2) is 23.0 Å². The van der Waals surface area contributed by atoms with Crippen molar-refractivity contribution in [2.24, 2.45) is 0 Å². The van der Waals surface area contributed by atoms with Gasteiger partial charge in [-0.1, -0.05) is 18.2 Å². The zero-order chi connectivity index (χ0) is 17.6. The maximum absolute atomic E-state index is 12.6. The van der Waals surface area contributed by atoms with E-state index in [9.17, 15) is 4.79 Å². The van der Waals surface area contributed by atoms with Crippen LogP contribution in [0, 0.1) is 11.3 Å². The average Bonchev–Trinajstić information content (AvgIpc) is 3.16. The lowest BCUT2D eigenvalue weighted by atomic mass is 9.99. The van der Waals surface area contributed by atoms with Gasteiger partial charge in [-0.25, -0.2) is 0 Å². The maximum atomic E-state index is 12.6. The molecule has 0 spiro atoms. The third-order valence-corrected chi connectivity index (χ3v) is 3.78. The molecule has 3 aromatic rings. The lowest BCUT2D eigenvalue weighted by Crippen LogP contribution is -2.29. The average molecular weight is 332 g/mol. The van der Waals surface area contributed by atoms with E-state index in [0.717, 1.165) is 11.1 Å². The van der Waals surface area contributed by atoms with Crippen LogP contribution in [-0.2, 0) is 0 Å². The molecule has 0 aliphatic rings. The number of hydrogen-bond acceptors (Lipinski definition) is 4. The van der Waals surface area contributed by atoms with Gasteiger partial charge < -0.3 is 15.0 Å². The van der Waals surface area contributed by atoms with E-state index < -0.39 is 6.04 Å². The van der Waals surface area contributed by atoms with E-state index in [1.165, 1.54) is 12.3 Å². The summed E-state index contributed by atoms with van der Waals surface area (Å²) in [7, 11) is 1.60. The van der Waals surface area contributed by atoms with E-state index in [1.54, 1.807) is 19.5 Å². The van der Waals surface area contributed by atoms with Gasteiger partial charge in [0.25, 0.3) is 5.91 Å². The molecule has 0 radical (unpaired) electrons. The molecule has 0 saturated carbocycles. The fourth-order valence-electron chi connectivity index (χ4n) is 2.53. The van der Waals surface area contributed by atoms with Crippen molar-refractivity contribution < 1.29 is 9.53 Å². The number of aromatic amines is 1. The zero-order valence-corrected chi connectivity index (χ0v) is 13.6. The van der Waals surface area contributed by atoms with Crippen molar-refractivity contribution in [1.29, 1.82) is 5.26 Å². The van der Waals surface area contributed by atoms with Crippen molar-refractivity contribution in [3.8, 4) is 11.8 Å². The Hall–Kier alpha value is -3.59. The SMILES string of the molecule is COc1cccc(C(NC(=O)c2cc(C#N)c[nH]2)c2cccnc2)c1. The summed E-state index contributed by atoms with van der Waals surface area (Å²) in [6, 6.07) is 14.3. The number of carbonyl (C=O) groups excluding carboxylic acids is 1. The first kappa shape index (κ1) is 16.3. The van der Waals surface area contributed by atoms with Gasteiger partial charge in [0.2, 0.25) is 0 Å². The first-order valence-electron chi connectivity index (χ1n) is 7.64. The van der Waals surface area contributed by atoms with Gasteiger partial charge >= 0.3 is 0 Å². The maximum Gasteiger partial charge on any atom is 0.268 e. The quantitative estimate of drug-likeness (QED) is 0.751. The topological polar surface area (TPSA) is 90.8 Å². The lowest BCUT2D eigenvalue weighted by molar-refractivity contribution is 0.0938. The number of benzene rings is 1. The van der Waals surface area contributed by atoms with Crippen LogP contribution >= 0.6 is 0 Å². The molecule has 3 rings (SSSR count). The first-order chi connectivity index (χ1) is 12.2. The van der Waals surface area contributed by atoms with E-state index in [-0.39, 0.29) is 5.91 Å². The van der Waals surface area contributed by atoms with Crippen molar-refractivity contribution in [3.63, 3.8) is 0 Å². The summed E-state index contributed by atoms with van der Waals surface area (Å²) in [4.78, 5) is 19.5. The number of ether oxygens (including phenoxy) is 1. The molecule has 0 fully saturated rings. The third kappa shape index (κ3) is 3.67. The number of amides is 1. The van der Waals surface area contributed by atoms with E-state index in [1.807, 2.05) is 42.5 Å². The number of nitrogens with one attached hydrogen (secondary N) is 2. The molecule has 0 bridgehead atoms. The number of carbonyl (C=O) groups is 1. The highest BCUT2D eigenvalue weighted by atomic mass is 16.5. The van der Waals surface area contributed by atoms with Crippen molar-refractivity contribution in [2.45, 2.75) is 6.04 Å². The molecule has 1 aromatic carbocycles. The molecular weight excluding hydrogens is 316 g/mol. The van der Waals surface area contributed by atoms with Crippen LogP contribution in [0.4, 0.5) is 0 Å². The second-order valence-electron chi connectivity index (χ2n) is 5.38. The fourth-order valence-corrected chi connectivity index (χ4v) is 2.53. The molecule has 1 unspecified atom stereocenters. The van der Waals surface area contributed by atoms with Gasteiger partial charge in [-0.05, 0) is 35.4 Å². The summed E-state index contributed by atoms with van der Waals surface area (Å²) < 4.78 is 5.28. The largest absolute Gasteiger partial charge is 0.497 e. The van der Waals surface area contributed by atoms with Crippen LogP contribution in [0.25, 0.3) is 0 Å². The Balaban J connectivity index is 1.94. The summed E-state index contributed by atoms with van der Waals surface area (Å²) in [6.07, 6.45) is 4.89. The standard InChI is InChI=1S/C19H16N4O2/c1-25-16-6-2-4-14(9-16)18(15-5-3-7-21-12-15)23-19(24)17-8-13(10-20)11-22-17/h2-9,11-12,18,22H,1H3,(H,23,24). The Kier molecular flexibility index (Phi) is 4.77. The molecule has 1 atom stereocenters. The van der Waals surface area contributed by atoms with Crippen LogP contribution in [0.2, 0.25) is 0 Å². The van der Waals surface area contributed by atoms with Crippen molar-refractivity contribution in [1.82, 2.24) is 15.3 Å². The number of hydrogen-bond donors (Lipinski definition) is 2. The molecule has 124 valence electrons. The number of nitriles is 1. The van der Waals surface area contributed by atoms with Gasteiger partial charge in [0, 0.05) is 18.6 Å². The van der Waals surface area contributed by atoms with E-state index >= 15 is 0 Å². The van der Waals surface area contributed by atoms with Crippen LogP contribution in [0.1, 0.15) is 33.2 Å². The monoisotopic (exact) mass is 332 g/mol. The molecule has 1 amide bonds. The first-order valence-corrected chi connectivity index (χ1v) is 7.64. The summed E-state index contributed by atoms with van der Waals surface area (Å²) in [6.45, 7) is 0. The van der Waals surface area contributed by atoms with Gasteiger partial charge in [-0.15, -0.1) is 0 Å². The molecule has 2 aromatic heterocycles. The molecule has 0 saturated heterocycles. The Morgan fingerprint density at radius 2 is 2.12 bits per heavy atom. The van der Waals surface area contributed by atoms with E-state index in [2.05, 4.69) is 15.3 Å². The predicted octanol–water partition coefficient (Wildman–Crippen LogP) is 2.81. The molecular formula is C19H16N4O2. The Morgan fingerprint density at radius 3 is 2.80 bits per heavy atom. The summed E-state index contributed by atoms with van der Waals surface area (Å²) >= 11 is 0. The number of methoxy groups -OCH3 is 1. The van der Waals surface area contributed by atoms with Gasteiger partial charge in [0.1, 0.15) is 17.5 Å². The number of H-pyrrole nitrogens is 1. The molecule has 2 heterocycles. The molecule has 0 aliphatic carbocycles. The van der Waals surface area contributed by atoms with Gasteiger partial charge in [0.05, 0.1) is 18.7 Å². The minimum atomic E-state index is -0.398. The van der Waals surface area contributed by atoms with E-state index in [4.69, 9.17) is 10.00 Å². The van der Waals surface area contributed by atoms with Gasteiger partial charge in [-0.2, -0.15) is 5.26 Å². The van der Waals surface area contributed by atoms with Gasteiger partial charge in [0.15, 0.2) is 0 Å². The summed E-state index contributed by atoms with van der Waals surface area (Å²) in [5.74, 6) is 0.394. The minimum absolute atomic E-state index is 0.307. The Labute approximate surface area is 145 Å². The molecule has 6 nitrogen and oxygen atoms in total. The molecule has 2 N–H and O–H groups in total. The molecule has 6 heteroatoms. The van der Waals surface area contributed by atoms with Gasteiger partial charge in [-0.3, -0.25) is 9.78 Å². The number of rotatable bonds is 5. The smallest absolute Gasteiger partial charge is 0.268 e. The minimum Gasteiger partial charge on any atom is -0.497 e. The zero-order valence-electron chi connectivity index (χ0n) is 13.6. The lowest BCUT2D eigenvalue weighted by Gasteiger charge is -2.19. The predicted molar refractivity (Wildman–Crippen MR) is 92.0 cm³/mol. The van der Waals surface area contributed by atoms with Crippen LogP contribution < -0.4 is 10.1 Å². The van der Waals surface area contributed by atoms with Crippen molar-refractivity contribution >= 4 is 5.91 Å². The van der Waals surface area contributed by atoms with Crippen LogP contribution in [0.5, 0.6) is 5.75 Å². The van der Waals surface area contributed by atoms with Crippen molar-refractivity contribution in [2.75, 3.05) is 7.11 Å². The number of aromatic nitrogens is 2. The van der Waals surface area contributed by atoms with Crippen molar-refractivity contribution in [3.05, 3.63) is 83.4 Å². The normalized spacial score (nSPS) is 11.4. The van der Waals surface area contributed by atoms with Crippen LogP contribution in [0.15, 0.2) is 61.1 Å². The highest BCUT2D eigenvalue weighted by Crippen LogP contribution is 2.25. The number of pyridine rings is 1. The second-order valence-corrected chi connectivity index (χ2v) is 5.38. The summed E-state index contributed by atoms with van der Waals surface area (Å²) in [5.41, 5.74) is 2.45. The second kappa shape index (κ2) is 7.32. The van der Waals surface area contributed by atoms with Crippen LogP contribution in [0.3, 0.4) is 0 Å². The Morgan fingerprint density at radius 1 is 1.28 bits per heavy atom. The highest BCUT2D eigenvalue weighted by Gasteiger charge is 2.19. The highest BCUT2D eigenvalue weighted by molar-refractivity contribution is 5.93. The fraction of sp³-hybridized carbons (Fsp3) is 0.105. The summed E-state index contributed by atoms with van der Waals surface area (Å²) in [5, 5.41) is 11.9.